The number of rotatable bonds is 5. The summed E-state index contributed by atoms with van der Waals surface area (Å²) in [6.07, 6.45) is 1.11. The van der Waals surface area contributed by atoms with Crippen molar-refractivity contribution in [3.8, 4) is 0 Å². The van der Waals surface area contributed by atoms with Gasteiger partial charge in [-0.2, -0.15) is 0 Å². The SMILES string of the molecule is CCCNc1cccc(CN2CCOC(C)(C)C2)n1. The Balaban J connectivity index is 1.94. The summed E-state index contributed by atoms with van der Waals surface area (Å²) in [5.41, 5.74) is 1.08. The molecule has 0 unspecified atom stereocenters. The van der Waals surface area contributed by atoms with Gasteiger partial charge >= 0.3 is 0 Å². The summed E-state index contributed by atoms with van der Waals surface area (Å²) in [5, 5.41) is 3.33. The Hall–Kier alpha value is -1.13. The molecule has 0 amide bonds. The van der Waals surface area contributed by atoms with Gasteiger partial charge in [-0.3, -0.25) is 4.90 Å². The van der Waals surface area contributed by atoms with Crippen LogP contribution < -0.4 is 5.32 Å². The second-order valence-electron chi connectivity index (χ2n) is 5.76. The lowest BCUT2D eigenvalue weighted by Gasteiger charge is -2.38. The third kappa shape index (κ3) is 4.48. The molecule has 0 bridgehead atoms. The standard InChI is InChI=1S/C15H25N3O/c1-4-8-16-14-7-5-6-13(17-14)11-18-9-10-19-15(2,3)12-18/h5-7H,4,8-12H2,1-3H3,(H,16,17). The lowest BCUT2D eigenvalue weighted by molar-refractivity contribution is -0.0885. The Labute approximate surface area is 116 Å². The van der Waals surface area contributed by atoms with E-state index in [0.717, 1.165) is 50.7 Å². The molecule has 0 saturated carbocycles. The van der Waals surface area contributed by atoms with Crippen molar-refractivity contribution in [2.45, 2.75) is 39.3 Å². The van der Waals surface area contributed by atoms with Crippen LogP contribution in [0.15, 0.2) is 18.2 Å². The number of pyridine rings is 1. The first-order valence-corrected chi connectivity index (χ1v) is 7.15. The second-order valence-corrected chi connectivity index (χ2v) is 5.76. The molecule has 0 aliphatic carbocycles. The zero-order valence-corrected chi connectivity index (χ0v) is 12.3. The summed E-state index contributed by atoms with van der Waals surface area (Å²) in [4.78, 5) is 7.07. The Kier molecular flexibility index (Phi) is 4.77. The van der Waals surface area contributed by atoms with E-state index in [-0.39, 0.29) is 5.60 Å². The fourth-order valence-corrected chi connectivity index (χ4v) is 2.40. The predicted octanol–water partition coefficient (Wildman–Crippen LogP) is 2.51. The molecule has 4 heteroatoms. The van der Waals surface area contributed by atoms with Crippen molar-refractivity contribution < 1.29 is 4.74 Å². The smallest absolute Gasteiger partial charge is 0.126 e. The van der Waals surface area contributed by atoms with Crippen molar-refractivity contribution in [3.63, 3.8) is 0 Å². The van der Waals surface area contributed by atoms with E-state index in [9.17, 15) is 0 Å². The van der Waals surface area contributed by atoms with E-state index in [0.29, 0.717) is 0 Å². The molecule has 106 valence electrons. The van der Waals surface area contributed by atoms with E-state index in [4.69, 9.17) is 4.74 Å². The quantitative estimate of drug-likeness (QED) is 0.886. The van der Waals surface area contributed by atoms with E-state index >= 15 is 0 Å². The molecule has 1 fully saturated rings. The molecule has 19 heavy (non-hydrogen) atoms. The summed E-state index contributed by atoms with van der Waals surface area (Å²) >= 11 is 0. The minimum absolute atomic E-state index is 0.0453. The summed E-state index contributed by atoms with van der Waals surface area (Å²) < 4.78 is 5.74. The zero-order valence-electron chi connectivity index (χ0n) is 12.3. The van der Waals surface area contributed by atoms with Gasteiger partial charge in [-0.05, 0) is 32.4 Å². The molecule has 1 N–H and O–H groups in total. The molecule has 0 spiro atoms. The average Bonchev–Trinajstić information content (AvgIpc) is 2.35. The molecule has 2 rings (SSSR count). The molecule has 1 aliphatic rings. The lowest BCUT2D eigenvalue weighted by atomic mass is 10.1. The van der Waals surface area contributed by atoms with Crippen LogP contribution in [0.25, 0.3) is 0 Å². The molecule has 4 nitrogen and oxygen atoms in total. The summed E-state index contributed by atoms with van der Waals surface area (Å²) in [6, 6.07) is 6.20. The van der Waals surface area contributed by atoms with Gasteiger partial charge in [0.25, 0.3) is 0 Å². The third-order valence-corrected chi connectivity index (χ3v) is 3.25. The normalized spacial score (nSPS) is 19.3. The zero-order chi connectivity index (χ0) is 13.7. The Morgan fingerprint density at radius 3 is 3.00 bits per heavy atom. The maximum Gasteiger partial charge on any atom is 0.126 e. The van der Waals surface area contributed by atoms with E-state index in [2.05, 4.69) is 48.1 Å². The van der Waals surface area contributed by atoms with Crippen LogP contribution in [0.1, 0.15) is 32.9 Å². The van der Waals surface area contributed by atoms with E-state index < -0.39 is 0 Å². The van der Waals surface area contributed by atoms with Crippen molar-refractivity contribution in [3.05, 3.63) is 23.9 Å². The minimum atomic E-state index is -0.0453. The average molecular weight is 263 g/mol. The summed E-state index contributed by atoms with van der Waals surface area (Å²) in [6.45, 7) is 11.1. The summed E-state index contributed by atoms with van der Waals surface area (Å²) in [7, 11) is 0. The van der Waals surface area contributed by atoms with Crippen LogP contribution in [0.3, 0.4) is 0 Å². The fourth-order valence-electron chi connectivity index (χ4n) is 2.40. The van der Waals surface area contributed by atoms with Crippen LogP contribution in [-0.4, -0.2) is 41.7 Å². The Bertz CT molecular complexity index is 406. The van der Waals surface area contributed by atoms with Crippen LogP contribution >= 0.6 is 0 Å². The molecule has 0 atom stereocenters. The molecular weight excluding hydrogens is 238 g/mol. The van der Waals surface area contributed by atoms with Crippen molar-refractivity contribution in [1.82, 2.24) is 9.88 Å². The van der Waals surface area contributed by atoms with Gasteiger partial charge in [0.15, 0.2) is 0 Å². The van der Waals surface area contributed by atoms with Gasteiger partial charge in [0.1, 0.15) is 5.82 Å². The van der Waals surface area contributed by atoms with Crippen LogP contribution in [0.4, 0.5) is 5.82 Å². The maximum atomic E-state index is 5.74. The number of ether oxygens (including phenoxy) is 1. The monoisotopic (exact) mass is 263 g/mol. The van der Waals surface area contributed by atoms with Crippen molar-refractivity contribution in [2.24, 2.45) is 0 Å². The summed E-state index contributed by atoms with van der Waals surface area (Å²) in [5.74, 6) is 0.979. The van der Waals surface area contributed by atoms with Crippen LogP contribution in [0.2, 0.25) is 0 Å². The number of morpholine rings is 1. The molecule has 0 radical (unpaired) electrons. The molecular formula is C15H25N3O. The third-order valence-electron chi connectivity index (χ3n) is 3.25. The van der Waals surface area contributed by atoms with Gasteiger partial charge in [0, 0.05) is 26.2 Å². The number of hydrogen-bond acceptors (Lipinski definition) is 4. The number of aromatic nitrogens is 1. The van der Waals surface area contributed by atoms with E-state index in [1.165, 1.54) is 0 Å². The highest BCUT2D eigenvalue weighted by atomic mass is 16.5. The lowest BCUT2D eigenvalue weighted by Crippen LogP contribution is -2.47. The minimum Gasteiger partial charge on any atom is -0.373 e. The van der Waals surface area contributed by atoms with Crippen LogP contribution in [0, 0.1) is 0 Å². The van der Waals surface area contributed by atoms with Crippen molar-refractivity contribution in [1.29, 1.82) is 0 Å². The topological polar surface area (TPSA) is 37.4 Å². The van der Waals surface area contributed by atoms with Crippen molar-refractivity contribution in [2.75, 3.05) is 31.6 Å². The van der Waals surface area contributed by atoms with Gasteiger partial charge in [0.05, 0.1) is 17.9 Å². The van der Waals surface area contributed by atoms with Gasteiger partial charge in [0.2, 0.25) is 0 Å². The van der Waals surface area contributed by atoms with Gasteiger partial charge in [-0.25, -0.2) is 4.98 Å². The van der Waals surface area contributed by atoms with E-state index in [1.807, 2.05) is 6.07 Å². The van der Waals surface area contributed by atoms with Crippen LogP contribution in [-0.2, 0) is 11.3 Å². The number of hydrogen-bond donors (Lipinski definition) is 1. The largest absolute Gasteiger partial charge is 0.373 e. The van der Waals surface area contributed by atoms with Gasteiger partial charge in [-0.15, -0.1) is 0 Å². The van der Waals surface area contributed by atoms with Gasteiger partial charge in [-0.1, -0.05) is 13.0 Å². The number of nitrogens with zero attached hydrogens (tertiary/aromatic N) is 2. The fraction of sp³-hybridized carbons (Fsp3) is 0.667. The van der Waals surface area contributed by atoms with Crippen molar-refractivity contribution >= 4 is 5.82 Å². The molecule has 1 saturated heterocycles. The molecule has 1 aromatic rings. The molecule has 0 aromatic carbocycles. The van der Waals surface area contributed by atoms with E-state index in [1.54, 1.807) is 0 Å². The van der Waals surface area contributed by atoms with Crippen LogP contribution in [0.5, 0.6) is 0 Å². The molecule has 2 heterocycles. The highest BCUT2D eigenvalue weighted by molar-refractivity contribution is 5.35. The van der Waals surface area contributed by atoms with Gasteiger partial charge < -0.3 is 10.1 Å². The highest BCUT2D eigenvalue weighted by Gasteiger charge is 2.27. The first-order valence-electron chi connectivity index (χ1n) is 7.15. The second kappa shape index (κ2) is 6.35. The molecule has 1 aliphatic heterocycles. The highest BCUT2D eigenvalue weighted by Crippen LogP contribution is 2.18. The first kappa shape index (κ1) is 14.3. The predicted molar refractivity (Wildman–Crippen MR) is 78.3 cm³/mol. The Morgan fingerprint density at radius 1 is 1.42 bits per heavy atom. The number of nitrogens with one attached hydrogen (secondary N) is 1. The first-order chi connectivity index (χ1) is 9.09. The molecule has 1 aromatic heterocycles. The Morgan fingerprint density at radius 2 is 2.26 bits per heavy atom. The maximum absolute atomic E-state index is 5.74. The number of anilines is 1.